The van der Waals surface area contributed by atoms with Gasteiger partial charge in [0.1, 0.15) is 28.8 Å². The predicted octanol–water partition coefficient (Wildman–Crippen LogP) is 4.41. The summed E-state index contributed by atoms with van der Waals surface area (Å²) in [4.78, 5) is 54.3. The van der Waals surface area contributed by atoms with Crippen LogP contribution in [0.1, 0.15) is 75.5 Å². The number of aliphatic hydroxyl groups is 1. The number of carbonyl (C=O) groups excluding carboxylic acids is 4. The summed E-state index contributed by atoms with van der Waals surface area (Å²) in [6, 6.07) is 3.05. The zero-order chi connectivity index (χ0) is 24.3. The second kappa shape index (κ2) is 7.71. The summed E-state index contributed by atoms with van der Waals surface area (Å²) in [6.07, 6.45) is 0.835. The largest absolute Gasteiger partial charge is 0.512 e. The number of esters is 1. The Balaban J connectivity index is 1.85. The van der Waals surface area contributed by atoms with Gasteiger partial charge in [0.05, 0.1) is 24.5 Å². The fourth-order valence-corrected chi connectivity index (χ4v) is 5.22. The number of ketones is 3. The number of rotatable bonds is 4. The quantitative estimate of drug-likeness (QED) is 0.516. The van der Waals surface area contributed by atoms with Gasteiger partial charge >= 0.3 is 5.97 Å². The summed E-state index contributed by atoms with van der Waals surface area (Å²) in [5.41, 5.74) is 0.172. The molecule has 1 atom stereocenters. The second-order valence-corrected chi connectivity index (χ2v) is 10.8. The van der Waals surface area contributed by atoms with Crippen LogP contribution in [-0.4, -0.2) is 40.5 Å². The van der Waals surface area contributed by atoms with E-state index in [2.05, 4.69) is 4.98 Å². The van der Waals surface area contributed by atoms with Gasteiger partial charge in [0.2, 0.25) is 0 Å². The first-order valence-corrected chi connectivity index (χ1v) is 11.0. The number of aromatic nitrogens is 1. The van der Waals surface area contributed by atoms with Crippen LogP contribution in [0.15, 0.2) is 27.9 Å². The Morgan fingerprint density at radius 3 is 2.21 bits per heavy atom. The van der Waals surface area contributed by atoms with Crippen LogP contribution in [0.5, 0.6) is 0 Å². The number of aliphatic hydroxyl groups excluding tert-OH is 1. The minimum absolute atomic E-state index is 0.0744. The van der Waals surface area contributed by atoms with Gasteiger partial charge in [-0.25, -0.2) is 4.79 Å². The van der Waals surface area contributed by atoms with Gasteiger partial charge in [-0.15, -0.1) is 0 Å². The van der Waals surface area contributed by atoms with Crippen molar-refractivity contribution in [2.45, 2.75) is 59.3 Å². The molecular weight excluding hydrogens is 426 g/mol. The molecule has 2 heterocycles. The van der Waals surface area contributed by atoms with E-state index in [1.165, 1.54) is 13.2 Å². The molecule has 176 valence electrons. The van der Waals surface area contributed by atoms with Gasteiger partial charge in [0.25, 0.3) is 0 Å². The van der Waals surface area contributed by atoms with Crippen molar-refractivity contribution >= 4 is 34.4 Å². The minimum atomic E-state index is -1.12. The molecule has 33 heavy (non-hydrogen) atoms. The molecule has 4 rings (SSSR count). The van der Waals surface area contributed by atoms with Gasteiger partial charge in [-0.2, -0.15) is 0 Å². The summed E-state index contributed by atoms with van der Waals surface area (Å²) in [7, 11) is 1.26. The van der Waals surface area contributed by atoms with E-state index in [9.17, 15) is 24.3 Å². The van der Waals surface area contributed by atoms with Gasteiger partial charge in [-0.3, -0.25) is 14.4 Å². The fraction of sp³-hybridized carbons (Fsp3) is 0.520. The number of furan rings is 1. The molecule has 2 aromatic rings. The van der Waals surface area contributed by atoms with E-state index in [1.54, 1.807) is 6.07 Å². The third kappa shape index (κ3) is 4.14. The molecule has 0 aliphatic heterocycles. The average molecular weight is 456 g/mol. The number of methoxy groups -OCH3 is 1. The van der Waals surface area contributed by atoms with Gasteiger partial charge in [0, 0.05) is 43.4 Å². The van der Waals surface area contributed by atoms with Crippen LogP contribution < -0.4 is 0 Å². The number of aromatic amines is 1. The Morgan fingerprint density at radius 1 is 1.06 bits per heavy atom. The van der Waals surface area contributed by atoms with Crippen molar-refractivity contribution in [3.05, 3.63) is 34.9 Å². The molecule has 2 aliphatic rings. The lowest BCUT2D eigenvalue weighted by Crippen LogP contribution is -2.43. The Labute approximate surface area is 191 Å². The Morgan fingerprint density at radius 2 is 1.67 bits per heavy atom. The number of carbonyl (C=O) groups is 4. The van der Waals surface area contributed by atoms with E-state index >= 15 is 0 Å². The molecule has 2 aliphatic carbocycles. The van der Waals surface area contributed by atoms with Crippen molar-refractivity contribution in [3.8, 4) is 0 Å². The Hall–Kier alpha value is -3.16. The first-order chi connectivity index (χ1) is 15.3. The molecule has 0 bridgehead atoms. The highest BCUT2D eigenvalue weighted by atomic mass is 16.5. The van der Waals surface area contributed by atoms with E-state index in [4.69, 9.17) is 9.15 Å². The van der Waals surface area contributed by atoms with E-state index < -0.39 is 28.6 Å². The highest BCUT2D eigenvalue weighted by Gasteiger charge is 2.49. The van der Waals surface area contributed by atoms with E-state index in [0.29, 0.717) is 11.1 Å². The maximum atomic E-state index is 13.2. The first-order valence-electron chi connectivity index (χ1n) is 11.0. The SMILES string of the molecule is COC(=O)c1cc2oc(C(C3=C(O)CC(C)(C)CC3=O)C3C(=O)CC(C)(C)CC3=O)cc2[nH]1. The third-order valence-corrected chi connectivity index (χ3v) is 6.58. The highest BCUT2D eigenvalue weighted by molar-refractivity contribution is 6.09. The van der Waals surface area contributed by atoms with Crippen LogP contribution in [0.4, 0.5) is 0 Å². The topological polar surface area (TPSA) is 127 Å². The summed E-state index contributed by atoms with van der Waals surface area (Å²) in [6.45, 7) is 7.50. The highest BCUT2D eigenvalue weighted by Crippen LogP contribution is 2.48. The molecule has 1 fully saturated rings. The number of hydrogen-bond donors (Lipinski definition) is 2. The normalized spacial score (nSPS) is 22.2. The molecule has 0 amide bonds. The molecule has 8 heteroatoms. The summed E-state index contributed by atoms with van der Waals surface area (Å²) in [5, 5.41) is 10.9. The Kier molecular flexibility index (Phi) is 5.38. The number of H-pyrrole nitrogens is 1. The summed E-state index contributed by atoms with van der Waals surface area (Å²) in [5.74, 6) is -3.42. The van der Waals surface area contributed by atoms with Crippen molar-refractivity contribution in [3.63, 3.8) is 0 Å². The number of fused-ring (bicyclic) bond motifs is 1. The Bertz CT molecular complexity index is 1160. The van der Waals surface area contributed by atoms with E-state index in [-0.39, 0.29) is 65.8 Å². The van der Waals surface area contributed by atoms with Gasteiger partial charge in [0.15, 0.2) is 11.4 Å². The van der Waals surface area contributed by atoms with Crippen LogP contribution >= 0.6 is 0 Å². The van der Waals surface area contributed by atoms with Crippen LogP contribution in [0.25, 0.3) is 11.1 Å². The minimum Gasteiger partial charge on any atom is -0.512 e. The number of hydrogen-bond acceptors (Lipinski definition) is 7. The number of Topliss-reactive ketones (excluding diaryl/α,β-unsaturated/α-hetero) is 3. The monoisotopic (exact) mass is 455 g/mol. The van der Waals surface area contributed by atoms with Crippen LogP contribution in [0.2, 0.25) is 0 Å². The molecule has 1 unspecified atom stereocenters. The fourth-order valence-electron chi connectivity index (χ4n) is 5.22. The molecule has 0 saturated heterocycles. The van der Waals surface area contributed by atoms with Crippen molar-refractivity contribution in [1.82, 2.24) is 4.98 Å². The first kappa shape index (κ1) is 23.0. The standard InChI is InChI=1S/C25H29NO7/c1-24(2)8-14(27)20(15(28)9-24)22(21-16(29)10-25(3,4)11-17(21)30)19-6-12-18(33-19)7-13(26-12)23(31)32-5/h6-7,20,22,26,29H,8-11H2,1-5H3. The van der Waals surface area contributed by atoms with Crippen molar-refractivity contribution in [2.75, 3.05) is 7.11 Å². The molecule has 2 N–H and O–H groups in total. The number of nitrogens with one attached hydrogen (secondary N) is 1. The summed E-state index contributed by atoms with van der Waals surface area (Å²) >= 11 is 0. The lowest BCUT2D eigenvalue weighted by molar-refractivity contribution is -0.140. The molecule has 1 saturated carbocycles. The lowest BCUT2D eigenvalue weighted by atomic mass is 9.63. The lowest BCUT2D eigenvalue weighted by Gasteiger charge is -2.38. The van der Waals surface area contributed by atoms with Crippen LogP contribution in [-0.2, 0) is 19.1 Å². The van der Waals surface area contributed by atoms with Crippen LogP contribution in [0, 0.1) is 16.7 Å². The molecule has 0 aromatic carbocycles. The zero-order valence-electron chi connectivity index (χ0n) is 19.5. The molecular formula is C25H29NO7. The van der Waals surface area contributed by atoms with Crippen LogP contribution in [0.3, 0.4) is 0 Å². The van der Waals surface area contributed by atoms with E-state index in [1.807, 2.05) is 27.7 Å². The van der Waals surface area contributed by atoms with Gasteiger partial charge in [-0.1, -0.05) is 27.7 Å². The smallest absolute Gasteiger partial charge is 0.354 e. The number of ether oxygens (including phenoxy) is 1. The third-order valence-electron chi connectivity index (χ3n) is 6.58. The van der Waals surface area contributed by atoms with Crippen molar-refractivity contribution < 1.29 is 33.4 Å². The van der Waals surface area contributed by atoms with Gasteiger partial charge in [-0.05, 0) is 10.8 Å². The molecule has 2 aromatic heterocycles. The van der Waals surface area contributed by atoms with Crippen molar-refractivity contribution in [2.24, 2.45) is 16.7 Å². The van der Waals surface area contributed by atoms with Crippen molar-refractivity contribution in [1.29, 1.82) is 0 Å². The molecule has 0 radical (unpaired) electrons. The average Bonchev–Trinajstić information content (AvgIpc) is 3.22. The number of allylic oxidation sites excluding steroid dienone is 2. The molecule has 0 spiro atoms. The predicted molar refractivity (Wildman–Crippen MR) is 119 cm³/mol. The molecule has 8 nitrogen and oxygen atoms in total. The maximum absolute atomic E-state index is 13.2. The maximum Gasteiger partial charge on any atom is 0.354 e. The summed E-state index contributed by atoms with van der Waals surface area (Å²) < 4.78 is 10.7. The van der Waals surface area contributed by atoms with Gasteiger partial charge < -0.3 is 19.2 Å². The second-order valence-electron chi connectivity index (χ2n) is 10.8. The van der Waals surface area contributed by atoms with E-state index in [0.717, 1.165) is 0 Å². The zero-order valence-corrected chi connectivity index (χ0v) is 19.5.